The molecule has 0 aliphatic carbocycles. The van der Waals surface area contributed by atoms with Crippen LogP contribution < -0.4 is 0 Å². The summed E-state index contributed by atoms with van der Waals surface area (Å²) < 4.78 is 0. The first-order valence-corrected chi connectivity index (χ1v) is 5.28. The third kappa shape index (κ3) is 5.92. The molecular formula is C12H23NO. The quantitative estimate of drug-likeness (QED) is 0.609. The molecule has 0 saturated carbocycles. The van der Waals surface area contributed by atoms with Crippen LogP contribution in [0.5, 0.6) is 0 Å². The summed E-state index contributed by atoms with van der Waals surface area (Å²) in [5.41, 5.74) is 0. The van der Waals surface area contributed by atoms with Crippen LogP contribution in [0.25, 0.3) is 0 Å². The first kappa shape index (κ1) is 13.4. The minimum atomic E-state index is 0.159. The van der Waals surface area contributed by atoms with Crippen LogP contribution in [-0.4, -0.2) is 31.3 Å². The molecule has 1 atom stereocenters. The first-order valence-electron chi connectivity index (χ1n) is 5.28. The zero-order valence-corrected chi connectivity index (χ0v) is 10.1. The fourth-order valence-corrected chi connectivity index (χ4v) is 1.27. The lowest BCUT2D eigenvalue weighted by Gasteiger charge is -2.10. The van der Waals surface area contributed by atoms with Gasteiger partial charge in [-0.15, -0.1) is 0 Å². The monoisotopic (exact) mass is 197 g/mol. The van der Waals surface area contributed by atoms with Gasteiger partial charge in [-0.25, -0.2) is 0 Å². The molecule has 0 radical (unpaired) electrons. The Morgan fingerprint density at radius 2 is 1.79 bits per heavy atom. The smallest absolute Gasteiger partial charge is 0.138 e. The number of rotatable bonds is 6. The van der Waals surface area contributed by atoms with Gasteiger partial charge in [0, 0.05) is 18.4 Å². The molecule has 0 aromatic rings. The Morgan fingerprint density at radius 1 is 1.21 bits per heavy atom. The Balaban J connectivity index is 3.78. The van der Waals surface area contributed by atoms with Crippen LogP contribution in [0.4, 0.5) is 0 Å². The number of allylic oxidation sites excluding steroid dienone is 1. The summed E-state index contributed by atoms with van der Waals surface area (Å²) in [6.07, 6.45) is 5.08. The topological polar surface area (TPSA) is 20.3 Å². The second kappa shape index (κ2) is 6.77. The predicted octanol–water partition coefficient (Wildman–Crippen LogP) is 2.36. The molecule has 0 amide bonds. The number of carbonyl (C=O) groups is 1. The summed E-state index contributed by atoms with van der Waals surface area (Å²) >= 11 is 0. The van der Waals surface area contributed by atoms with Gasteiger partial charge in [0.15, 0.2) is 0 Å². The van der Waals surface area contributed by atoms with Crippen LogP contribution in [0.1, 0.15) is 27.2 Å². The zero-order chi connectivity index (χ0) is 11.1. The SMILES string of the molecule is CC(C)C(=O)C(C)C/C=C/CN(C)C. The van der Waals surface area contributed by atoms with Crippen molar-refractivity contribution < 1.29 is 4.79 Å². The van der Waals surface area contributed by atoms with Gasteiger partial charge in [-0.2, -0.15) is 0 Å². The number of ketones is 1. The molecule has 2 nitrogen and oxygen atoms in total. The standard InChI is InChI=1S/C12H23NO/c1-10(2)12(14)11(3)8-6-7-9-13(4)5/h6-7,10-11H,8-9H2,1-5H3/b7-6+. The van der Waals surface area contributed by atoms with E-state index in [0.717, 1.165) is 13.0 Å². The van der Waals surface area contributed by atoms with Gasteiger partial charge >= 0.3 is 0 Å². The lowest BCUT2D eigenvalue weighted by atomic mass is 9.94. The lowest BCUT2D eigenvalue weighted by Crippen LogP contribution is -2.16. The van der Waals surface area contributed by atoms with Gasteiger partial charge in [-0.1, -0.05) is 32.9 Å². The Labute approximate surface area is 88.0 Å². The number of hydrogen-bond acceptors (Lipinski definition) is 2. The highest BCUT2D eigenvalue weighted by Crippen LogP contribution is 2.10. The van der Waals surface area contributed by atoms with E-state index in [0.29, 0.717) is 5.78 Å². The second-order valence-corrected chi connectivity index (χ2v) is 4.43. The first-order chi connectivity index (χ1) is 6.45. The van der Waals surface area contributed by atoms with E-state index in [9.17, 15) is 4.79 Å². The van der Waals surface area contributed by atoms with Gasteiger partial charge < -0.3 is 4.90 Å². The molecule has 0 N–H and O–H groups in total. The summed E-state index contributed by atoms with van der Waals surface area (Å²) in [7, 11) is 4.07. The molecule has 0 fully saturated rings. The molecule has 2 heteroatoms. The van der Waals surface area contributed by atoms with E-state index in [-0.39, 0.29) is 11.8 Å². The molecule has 0 aliphatic heterocycles. The Morgan fingerprint density at radius 3 is 2.21 bits per heavy atom. The van der Waals surface area contributed by atoms with Crippen LogP contribution in [0, 0.1) is 11.8 Å². The molecule has 0 rings (SSSR count). The predicted molar refractivity (Wildman–Crippen MR) is 61.3 cm³/mol. The second-order valence-electron chi connectivity index (χ2n) is 4.43. The van der Waals surface area contributed by atoms with Crippen molar-refractivity contribution in [2.75, 3.05) is 20.6 Å². The van der Waals surface area contributed by atoms with E-state index in [1.807, 2.05) is 34.9 Å². The Kier molecular flexibility index (Phi) is 6.46. The average Bonchev–Trinajstić information content (AvgIpc) is 2.10. The van der Waals surface area contributed by atoms with Gasteiger partial charge in [0.25, 0.3) is 0 Å². The highest BCUT2D eigenvalue weighted by Gasteiger charge is 2.14. The summed E-state index contributed by atoms with van der Waals surface area (Å²) in [6, 6.07) is 0. The van der Waals surface area contributed by atoms with Gasteiger partial charge in [0.1, 0.15) is 5.78 Å². The van der Waals surface area contributed by atoms with Crippen molar-refractivity contribution in [3.05, 3.63) is 12.2 Å². The maximum atomic E-state index is 11.5. The van der Waals surface area contributed by atoms with Crippen LogP contribution >= 0.6 is 0 Å². The number of nitrogens with zero attached hydrogens (tertiary/aromatic N) is 1. The van der Waals surface area contributed by atoms with E-state index in [4.69, 9.17) is 0 Å². The van der Waals surface area contributed by atoms with Gasteiger partial charge in [0.2, 0.25) is 0 Å². The average molecular weight is 197 g/mol. The molecule has 14 heavy (non-hydrogen) atoms. The number of hydrogen-bond donors (Lipinski definition) is 0. The van der Waals surface area contributed by atoms with E-state index >= 15 is 0 Å². The molecule has 0 spiro atoms. The maximum absolute atomic E-state index is 11.5. The molecular weight excluding hydrogens is 174 g/mol. The fraction of sp³-hybridized carbons (Fsp3) is 0.750. The molecule has 0 aromatic heterocycles. The van der Waals surface area contributed by atoms with Crippen LogP contribution in [0.15, 0.2) is 12.2 Å². The van der Waals surface area contributed by atoms with Crippen molar-refractivity contribution >= 4 is 5.78 Å². The number of carbonyl (C=O) groups excluding carboxylic acids is 1. The van der Waals surface area contributed by atoms with E-state index < -0.39 is 0 Å². The molecule has 0 heterocycles. The fourth-order valence-electron chi connectivity index (χ4n) is 1.27. The zero-order valence-electron chi connectivity index (χ0n) is 10.1. The Bertz CT molecular complexity index is 194. The highest BCUT2D eigenvalue weighted by atomic mass is 16.1. The third-order valence-corrected chi connectivity index (χ3v) is 2.18. The van der Waals surface area contributed by atoms with E-state index in [1.54, 1.807) is 0 Å². The summed E-state index contributed by atoms with van der Waals surface area (Å²) in [5.74, 6) is 0.681. The van der Waals surface area contributed by atoms with Crippen molar-refractivity contribution in [2.45, 2.75) is 27.2 Å². The van der Waals surface area contributed by atoms with Crippen LogP contribution in [0.2, 0.25) is 0 Å². The summed E-state index contributed by atoms with van der Waals surface area (Å²) in [5, 5.41) is 0. The van der Waals surface area contributed by atoms with Crippen molar-refractivity contribution in [1.82, 2.24) is 4.90 Å². The third-order valence-electron chi connectivity index (χ3n) is 2.18. The maximum Gasteiger partial charge on any atom is 0.138 e. The molecule has 1 unspecified atom stereocenters. The number of likely N-dealkylation sites (N-methyl/N-ethyl adjacent to an activating group) is 1. The van der Waals surface area contributed by atoms with Crippen molar-refractivity contribution in [3.63, 3.8) is 0 Å². The molecule has 0 bridgehead atoms. The van der Waals surface area contributed by atoms with Gasteiger partial charge in [0.05, 0.1) is 0 Å². The van der Waals surface area contributed by atoms with Crippen LogP contribution in [0.3, 0.4) is 0 Å². The molecule has 0 aromatic carbocycles. The summed E-state index contributed by atoms with van der Waals surface area (Å²) in [4.78, 5) is 13.6. The lowest BCUT2D eigenvalue weighted by molar-refractivity contribution is -0.125. The molecule has 0 saturated heterocycles. The highest BCUT2D eigenvalue weighted by molar-refractivity contribution is 5.82. The van der Waals surface area contributed by atoms with Crippen molar-refractivity contribution in [3.8, 4) is 0 Å². The largest absolute Gasteiger partial charge is 0.306 e. The van der Waals surface area contributed by atoms with Gasteiger partial charge in [-0.3, -0.25) is 4.79 Å². The van der Waals surface area contributed by atoms with Crippen molar-refractivity contribution in [1.29, 1.82) is 0 Å². The minimum absolute atomic E-state index is 0.159. The van der Waals surface area contributed by atoms with E-state index in [1.165, 1.54) is 0 Å². The summed E-state index contributed by atoms with van der Waals surface area (Å²) in [6.45, 7) is 6.87. The normalized spacial score (nSPS) is 14.2. The minimum Gasteiger partial charge on any atom is -0.306 e. The molecule has 0 aliphatic rings. The Hall–Kier alpha value is -0.630. The van der Waals surface area contributed by atoms with Crippen molar-refractivity contribution in [2.24, 2.45) is 11.8 Å². The van der Waals surface area contributed by atoms with E-state index in [2.05, 4.69) is 17.1 Å². The van der Waals surface area contributed by atoms with Gasteiger partial charge in [-0.05, 0) is 20.5 Å². The number of Topliss-reactive ketones (excluding diaryl/α,β-unsaturated/α-hetero) is 1. The molecule has 82 valence electrons. The van der Waals surface area contributed by atoms with Crippen LogP contribution in [-0.2, 0) is 4.79 Å².